The number of carbonyl (C=O) groups excluding carboxylic acids is 1. The number of aromatic nitrogens is 3. The summed E-state index contributed by atoms with van der Waals surface area (Å²) in [5.74, 6) is 1.06. The molecule has 2 unspecified atom stereocenters. The fourth-order valence-electron chi connectivity index (χ4n) is 6.48. The van der Waals surface area contributed by atoms with Crippen molar-refractivity contribution in [1.82, 2.24) is 24.2 Å². The first kappa shape index (κ1) is 25.3. The Bertz CT molecular complexity index is 1540. The van der Waals surface area contributed by atoms with Gasteiger partial charge in [-0.3, -0.25) is 14.1 Å². The molecule has 1 amide bonds. The molecule has 0 aliphatic carbocycles. The van der Waals surface area contributed by atoms with Gasteiger partial charge >= 0.3 is 0 Å². The molecule has 4 atom stereocenters. The summed E-state index contributed by atoms with van der Waals surface area (Å²) in [6.07, 6.45) is 5.84. The fraction of sp³-hybridized carbons (Fsp3) is 0.323. The van der Waals surface area contributed by atoms with Gasteiger partial charge in [-0.15, -0.1) is 0 Å². The van der Waals surface area contributed by atoms with Crippen LogP contribution in [-0.4, -0.2) is 59.9 Å². The molecule has 0 saturated carbocycles. The Morgan fingerprint density at radius 1 is 1.15 bits per heavy atom. The first-order valence-electron chi connectivity index (χ1n) is 13.4. The van der Waals surface area contributed by atoms with E-state index in [4.69, 9.17) is 10.7 Å². The Balaban J connectivity index is 1.46. The molecule has 0 spiro atoms. The molecule has 39 heavy (non-hydrogen) atoms. The number of aliphatic hydroxyl groups is 1. The van der Waals surface area contributed by atoms with Gasteiger partial charge in [-0.2, -0.15) is 0 Å². The predicted octanol–water partition coefficient (Wildman–Crippen LogP) is 4.15. The molecular formula is C31H34N6O2. The Kier molecular flexibility index (Phi) is 6.04. The van der Waals surface area contributed by atoms with Gasteiger partial charge in [0.2, 0.25) is 5.91 Å². The lowest BCUT2D eigenvalue weighted by molar-refractivity contribution is -0.132. The number of hydrogen-bond donors (Lipinski definition) is 2. The number of nitrogen functional groups attached to an aromatic ring is 1. The normalized spacial score (nSPS) is 22.5. The molecule has 2 aromatic carbocycles. The number of rotatable bonds is 6. The molecule has 2 aliphatic heterocycles. The monoisotopic (exact) mass is 522 g/mol. The topological polar surface area (TPSA) is 100.0 Å². The molecule has 2 fully saturated rings. The maximum atomic E-state index is 13.1. The van der Waals surface area contributed by atoms with E-state index < -0.39 is 5.60 Å². The molecule has 4 aromatic rings. The van der Waals surface area contributed by atoms with Crippen LogP contribution in [0.15, 0.2) is 79.6 Å². The summed E-state index contributed by atoms with van der Waals surface area (Å²) in [6.45, 7) is 10.8. The van der Waals surface area contributed by atoms with Crippen LogP contribution < -0.4 is 5.73 Å². The van der Waals surface area contributed by atoms with Gasteiger partial charge in [-0.1, -0.05) is 61.2 Å². The van der Waals surface area contributed by atoms with Crippen LogP contribution in [0.2, 0.25) is 0 Å². The van der Waals surface area contributed by atoms with Crippen molar-refractivity contribution in [2.45, 2.75) is 57.0 Å². The lowest BCUT2D eigenvalue weighted by atomic mass is 9.87. The number of fused-ring (bicyclic) bond motifs is 3. The molecule has 2 aromatic heterocycles. The zero-order chi connectivity index (χ0) is 27.5. The van der Waals surface area contributed by atoms with E-state index in [9.17, 15) is 9.90 Å². The lowest BCUT2D eigenvalue weighted by Crippen LogP contribution is -2.52. The standard InChI is InChI=1S/C31H34N6O2/c1-5-25(38)37-23-17-24(36(18-23)19(2)3)27(37)30-34-26(28-29(32)33-15-16-35(28)30)20-11-13-22(14-12-20)31(4,39)21-9-7-6-8-10-21/h5-16,19,23-24,27,39H,1,17-18H2,2-4H3,(H2,32,33)/t23-,24-,27?,31?/m0/s1. The largest absolute Gasteiger partial charge is 0.382 e. The number of anilines is 1. The molecule has 8 nitrogen and oxygen atoms in total. The molecule has 0 radical (unpaired) electrons. The van der Waals surface area contributed by atoms with Crippen molar-refractivity contribution in [1.29, 1.82) is 0 Å². The van der Waals surface area contributed by atoms with E-state index in [0.717, 1.165) is 35.5 Å². The highest BCUT2D eigenvalue weighted by Crippen LogP contribution is 2.46. The van der Waals surface area contributed by atoms with E-state index in [2.05, 4.69) is 30.3 Å². The van der Waals surface area contributed by atoms with Gasteiger partial charge in [0.1, 0.15) is 34.5 Å². The number of piperazine rings is 1. The van der Waals surface area contributed by atoms with Gasteiger partial charge in [0.05, 0.1) is 0 Å². The Labute approximate surface area is 228 Å². The average molecular weight is 523 g/mol. The minimum absolute atomic E-state index is 0.0799. The maximum Gasteiger partial charge on any atom is 0.246 e. The van der Waals surface area contributed by atoms with Crippen LogP contribution in [0.4, 0.5) is 5.82 Å². The number of hydrogen-bond acceptors (Lipinski definition) is 6. The maximum absolute atomic E-state index is 13.1. The average Bonchev–Trinajstić information content (AvgIpc) is 3.65. The van der Waals surface area contributed by atoms with Gasteiger partial charge in [-0.25, -0.2) is 9.97 Å². The first-order chi connectivity index (χ1) is 18.7. The smallest absolute Gasteiger partial charge is 0.246 e. The molecule has 4 heterocycles. The second-order valence-corrected chi connectivity index (χ2v) is 11.0. The van der Waals surface area contributed by atoms with Crippen LogP contribution in [0.1, 0.15) is 50.2 Å². The molecule has 200 valence electrons. The van der Waals surface area contributed by atoms with Gasteiger partial charge in [0.15, 0.2) is 0 Å². The predicted molar refractivity (Wildman–Crippen MR) is 152 cm³/mol. The zero-order valence-corrected chi connectivity index (χ0v) is 22.5. The summed E-state index contributed by atoms with van der Waals surface area (Å²) in [6, 6.07) is 17.7. The van der Waals surface area contributed by atoms with Crippen molar-refractivity contribution >= 4 is 17.2 Å². The SMILES string of the molecule is C=CC(=O)N1C(c2nc(-c3ccc(C(C)(O)c4ccccc4)cc3)c3c(N)nccn23)[C@@H]2C[C@H]1CN2C(C)C. The number of nitrogens with zero attached hydrogens (tertiary/aromatic N) is 5. The van der Waals surface area contributed by atoms with E-state index in [-0.39, 0.29) is 24.0 Å². The minimum Gasteiger partial charge on any atom is -0.382 e. The molecule has 2 aliphatic rings. The number of amides is 1. The molecule has 2 saturated heterocycles. The molecular weight excluding hydrogens is 488 g/mol. The Morgan fingerprint density at radius 3 is 2.51 bits per heavy atom. The number of likely N-dealkylation sites (tertiary alicyclic amines) is 2. The third-order valence-corrected chi connectivity index (χ3v) is 8.44. The highest BCUT2D eigenvalue weighted by molar-refractivity contribution is 5.89. The fourth-order valence-corrected chi connectivity index (χ4v) is 6.48. The van der Waals surface area contributed by atoms with Crippen LogP contribution in [0.3, 0.4) is 0 Å². The summed E-state index contributed by atoms with van der Waals surface area (Å²) < 4.78 is 1.99. The summed E-state index contributed by atoms with van der Waals surface area (Å²) in [5.41, 5.74) is 9.15. The molecule has 6 rings (SSSR count). The summed E-state index contributed by atoms with van der Waals surface area (Å²) in [7, 11) is 0. The van der Waals surface area contributed by atoms with Crippen LogP contribution >= 0.6 is 0 Å². The van der Waals surface area contributed by atoms with Crippen molar-refractivity contribution in [3.05, 3.63) is 96.6 Å². The zero-order valence-electron chi connectivity index (χ0n) is 22.5. The van der Waals surface area contributed by atoms with Crippen molar-refractivity contribution in [2.75, 3.05) is 12.3 Å². The van der Waals surface area contributed by atoms with E-state index in [1.165, 1.54) is 6.08 Å². The van der Waals surface area contributed by atoms with Crippen molar-refractivity contribution < 1.29 is 9.90 Å². The first-order valence-corrected chi connectivity index (χ1v) is 13.4. The van der Waals surface area contributed by atoms with Crippen LogP contribution in [0, 0.1) is 0 Å². The second kappa shape index (κ2) is 9.32. The van der Waals surface area contributed by atoms with Crippen LogP contribution in [0.5, 0.6) is 0 Å². The Hall–Kier alpha value is -4.01. The van der Waals surface area contributed by atoms with E-state index >= 15 is 0 Å². The Morgan fingerprint density at radius 2 is 1.85 bits per heavy atom. The highest BCUT2D eigenvalue weighted by atomic mass is 16.3. The van der Waals surface area contributed by atoms with Crippen molar-refractivity contribution in [2.24, 2.45) is 0 Å². The number of benzene rings is 2. The minimum atomic E-state index is -1.14. The van der Waals surface area contributed by atoms with Gasteiger partial charge in [0, 0.05) is 42.6 Å². The highest BCUT2D eigenvalue weighted by Gasteiger charge is 2.54. The van der Waals surface area contributed by atoms with E-state index in [1.807, 2.05) is 70.1 Å². The third-order valence-electron chi connectivity index (χ3n) is 8.44. The molecule has 8 heteroatoms. The van der Waals surface area contributed by atoms with E-state index in [0.29, 0.717) is 23.1 Å². The number of nitrogens with two attached hydrogens (primary N) is 1. The van der Waals surface area contributed by atoms with Crippen molar-refractivity contribution in [3.8, 4) is 11.3 Å². The van der Waals surface area contributed by atoms with Crippen molar-refractivity contribution in [3.63, 3.8) is 0 Å². The van der Waals surface area contributed by atoms with E-state index in [1.54, 1.807) is 13.1 Å². The summed E-state index contributed by atoms with van der Waals surface area (Å²) >= 11 is 0. The van der Waals surface area contributed by atoms with Gasteiger partial charge in [0.25, 0.3) is 0 Å². The number of carbonyl (C=O) groups is 1. The quantitative estimate of drug-likeness (QED) is 0.369. The summed E-state index contributed by atoms with van der Waals surface area (Å²) in [4.78, 5) is 27.0. The summed E-state index contributed by atoms with van der Waals surface area (Å²) in [5, 5.41) is 11.3. The number of imidazole rings is 1. The van der Waals surface area contributed by atoms with Crippen LogP contribution in [-0.2, 0) is 10.4 Å². The lowest BCUT2D eigenvalue weighted by Gasteiger charge is -2.41. The van der Waals surface area contributed by atoms with Crippen LogP contribution in [0.25, 0.3) is 16.8 Å². The van der Waals surface area contributed by atoms with Gasteiger partial charge in [-0.05, 0) is 44.4 Å². The second-order valence-electron chi connectivity index (χ2n) is 11.0. The molecule has 2 bridgehead atoms. The third kappa shape index (κ3) is 3.94. The van der Waals surface area contributed by atoms with Gasteiger partial charge < -0.3 is 15.7 Å². The molecule has 3 N–H and O–H groups in total.